The highest BCUT2D eigenvalue weighted by Gasteiger charge is 2.31. The van der Waals surface area contributed by atoms with Crippen molar-refractivity contribution in [3.05, 3.63) is 27.2 Å². The molecule has 3 nitrogen and oxygen atoms in total. The van der Waals surface area contributed by atoms with Crippen LogP contribution >= 0.6 is 34.8 Å². The van der Waals surface area contributed by atoms with Gasteiger partial charge in [-0.15, -0.1) is 0 Å². The number of hydrogen-bond donors (Lipinski definition) is 0. The lowest BCUT2D eigenvalue weighted by Gasteiger charge is -2.30. The van der Waals surface area contributed by atoms with Crippen molar-refractivity contribution in [1.82, 2.24) is 4.31 Å². The summed E-state index contributed by atoms with van der Waals surface area (Å²) in [7, 11) is -3.71. The van der Waals surface area contributed by atoms with Gasteiger partial charge in [-0.05, 0) is 39.8 Å². The summed E-state index contributed by atoms with van der Waals surface area (Å²) in [4.78, 5) is -0.0223. The zero-order valence-electron chi connectivity index (χ0n) is 11.1. The molecule has 0 amide bonds. The second-order valence-corrected chi connectivity index (χ2v) is 7.75. The Morgan fingerprint density at radius 2 is 1.32 bits per heavy atom. The SMILES string of the molecule is CC(C)N(C(C)C)S(=O)(=O)c1cc(Cl)c(Cl)cc1Cl. The van der Waals surface area contributed by atoms with Crippen LogP contribution in [0.4, 0.5) is 0 Å². The fraction of sp³-hybridized carbons (Fsp3) is 0.500. The molecule has 7 heteroatoms. The molecular weight excluding hydrogens is 329 g/mol. The van der Waals surface area contributed by atoms with Crippen LogP contribution in [0.1, 0.15) is 27.7 Å². The third-order valence-corrected chi connectivity index (χ3v) is 5.99. The number of halogens is 3. The molecule has 0 saturated carbocycles. The van der Waals surface area contributed by atoms with E-state index in [1.807, 2.05) is 27.7 Å². The highest BCUT2D eigenvalue weighted by atomic mass is 35.5. The molecule has 0 N–H and O–H groups in total. The summed E-state index contributed by atoms with van der Waals surface area (Å²) in [6.07, 6.45) is 0. The minimum Gasteiger partial charge on any atom is -0.207 e. The van der Waals surface area contributed by atoms with Gasteiger partial charge in [-0.1, -0.05) is 34.8 Å². The highest BCUT2D eigenvalue weighted by molar-refractivity contribution is 7.89. The van der Waals surface area contributed by atoms with E-state index in [1.54, 1.807) is 0 Å². The molecule has 0 radical (unpaired) electrons. The molecule has 0 bridgehead atoms. The van der Waals surface area contributed by atoms with Crippen molar-refractivity contribution in [2.75, 3.05) is 0 Å². The van der Waals surface area contributed by atoms with Crippen LogP contribution in [0.25, 0.3) is 0 Å². The molecule has 0 aliphatic heterocycles. The first kappa shape index (κ1) is 17.1. The van der Waals surface area contributed by atoms with E-state index in [2.05, 4.69) is 0 Å². The number of benzene rings is 1. The average molecular weight is 345 g/mol. The van der Waals surface area contributed by atoms with Crippen LogP contribution < -0.4 is 0 Å². The van der Waals surface area contributed by atoms with Crippen molar-refractivity contribution in [3.63, 3.8) is 0 Å². The summed E-state index contributed by atoms with van der Waals surface area (Å²) < 4.78 is 26.7. The van der Waals surface area contributed by atoms with Gasteiger partial charge in [-0.25, -0.2) is 8.42 Å². The van der Waals surface area contributed by atoms with Crippen molar-refractivity contribution >= 4 is 44.8 Å². The molecule has 0 fully saturated rings. The van der Waals surface area contributed by atoms with Gasteiger partial charge < -0.3 is 0 Å². The predicted octanol–water partition coefficient (Wildman–Crippen LogP) is 4.45. The van der Waals surface area contributed by atoms with Gasteiger partial charge in [0.25, 0.3) is 0 Å². The van der Waals surface area contributed by atoms with Crippen LogP contribution in [0.2, 0.25) is 15.1 Å². The van der Waals surface area contributed by atoms with Crippen LogP contribution in [0.5, 0.6) is 0 Å². The maximum Gasteiger partial charge on any atom is 0.245 e. The quantitative estimate of drug-likeness (QED) is 0.756. The first-order chi connectivity index (χ1) is 8.59. The van der Waals surface area contributed by atoms with E-state index in [0.29, 0.717) is 0 Å². The van der Waals surface area contributed by atoms with Gasteiger partial charge in [-0.2, -0.15) is 4.31 Å². The Bertz CT molecular complexity index is 563. The second-order valence-electron chi connectivity index (χ2n) is 4.72. The standard InChI is InChI=1S/C12H16Cl3NO2S/c1-7(2)16(8(3)4)19(17,18)12-6-10(14)9(13)5-11(12)15/h5-8H,1-4H3. The lowest BCUT2D eigenvalue weighted by Crippen LogP contribution is -2.42. The van der Waals surface area contributed by atoms with E-state index in [0.717, 1.165) is 0 Å². The van der Waals surface area contributed by atoms with Crippen molar-refractivity contribution in [2.24, 2.45) is 0 Å². The lowest BCUT2D eigenvalue weighted by atomic mass is 10.3. The fourth-order valence-electron chi connectivity index (χ4n) is 1.97. The van der Waals surface area contributed by atoms with E-state index >= 15 is 0 Å². The minimum absolute atomic E-state index is 0.0223. The Hall–Kier alpha value is -0.000000000000000111. The molecule has 0 unspecified atom stereocenters. The van der Waals surface area contributed by atoms with Crippen molar-refractivity contribution < 1.29 is 8.42 Å². The number of hydrogen-bond acceptors (Lipinski definition) is 2. The first-order valence-corrected chi connectivity index (χ1v) is 8.34. The van der Waals surface area contributed by atoms with Crippen LogP contribution in [0.3, 0.4) is 0 Å². The third-order valence-electron chi connectivity index (χ3n) is 2.55. The van der Waals surface area contributed by atoms with Gasteiger partial charge in [0.2, 0.25) is 10.0 Å². The smallest absolute Gasteiger partial charge is 0.207 e. The summed E-state index contributed by atoms with van der Waals surface area (Å²) >= 11 is 17.7. The zero-order chi connectivity index (χ0) is 15.0. The van der Waals surface area contributed by atoms with Crippen LogP contribution in [0, 0.1) is 0 Å². The van der Waals surface area contributed by atoms with Gasteiger partial charge in [0, 0.05) is 12.1 Å². The van der Waals surface area contributed by atoms with Gasteiger partial charge >= 0.3 is 0 Å². The molecule has 0 aromatic heterocycles. The van der Waals surface area contributed by atoms with Crippen molar-refractivity contribution in [1.29, 1.82) is 0 Å². The van der Waals surface area contributed by atoms with E-state index in [1.165, 1.54) is 16.4 Å². The highest BCUT2D eigenvalue weighted by Crippen LogP contribution is 2.34. The monoisotopic (exact) mass is 343 g/mol. The lowest BCUT2D eigenvalue weighted by molar-refractivity contribution is 0.302. The maximum atomic E-state index is 12.6. The molecule has 0 spiro atoms. The Labute approximate surface area is 129 Å². The van der Waals surface area contributed by atoms with E-state index in [9.17, 15) is 8.42 Å². The Kier molecular flexibility index (Phi) is 5.55. The summed E-state index contributed by atoms with van der Waals surface area (Å²) in [5.41, 5.74) is 0. The molecule has 0 heterocycles. The molecule has 0 aliphatic rings. The van der Waals surface area contributed by atoms with E-state index < -0.39 is 10.0 Å². The third kappa shape index (κ3) is 3.56. The Morgan fingerprint density at radius 3 is 1.74 bits per heavy atom. The molecule has 1 aromatic carbocycles. The van der Waals surface area contributed by atoms with Gasteiger partial charge in [0.1, 0.15) is 4.90 Å². The van der Waals surface area contributed by atoms with E-state index in [-0.39, 0.29) is 32.0 Å². The summed E-state index contributed by atoms with van der Waals surface area (Å²) in [5, 5.41) is 0.462. The molecule has 0 aliphatic carbocycles. The fourth-order valence-corrected chi connectivity index (χ4v) is 4.78. The normalized spacial score (nSPS) is 12.7. The average Bonchev–Trinajstić information content (AvgIpc) is 2.21. The minimum atomic E-state index is -3.71. The zero-order valence-corrected chi connectivity index (χ0v) is 14.2. The molecule has 1 rings (SSSR count). The number of rotatable bonds is 4. The second kappa shape index (κ2) is 6.19. The summed E-state index contributed by atoms with van der Waals surface area (Å²) in [6.45, 7) is 7.23. The first-order valence-electron chi connectivity index (χ1n) is 5.77. The van der Waals surface area contributed by atoms with Crippen LogP contribution in [-0.4, -0.2) is 24.8 Å². The molecule has 1 aromatic rings. The molecule has 0 saturated heterocycles. The maximum absolute atomic E-state index is 12.6. The largest absolute Gasteiger partial charge is 0.245 e. The van der Waals surface area contributed by atoms with Gasteiger partial charge in [0.05, 0.1) is 15.1 Å². The summed E-state index contributed by atoms with van der Waals surface area (Å²) in [5.74, 6) is 0. The number of sulfonamides is 1. The van der Waals surface area contributed by atoms with Crippen LogP contribution in [-0.2, 0) is 10.0 Å². The number of nitrogens with zero attached hydrogens (tertiary/aromatic N) is 1. The van der Waals surface area contributed by atoms with Gasteiger partial charge in [-0.3, -0.25) is 0 Å². The van der Waals surface area contributed by atoms with E-state index in [4.69, 9.17) is 34.8 Å². The topological polar surface area (TPSA) is 37.4 Å². The molecule has 108 valence electrons. The summed E-state index contributed by atoms with van der Waals surface area (Å²) in [6, 6.07) is 2.27. The molecular formula is C12H16Cl3NO2S. The Morgan fingerprint density at radius 1 is 0.895 bits per heavy atom. The van der Waals surface area contributed by atoms with Crippen molar-refractivity contribution in [2.45, 2.75) is 44.7 Å². The molecule has 19 heavy (non-hydrogen) atoms. The Balaban J connectivity index is 3.46. The predicted molar refractivity (Wildman–Crippen MR) is 80.8 cm³/mol. The molecule has 0 atom stereocenters. The van der Waals surface area contributed by atoms with Gasteiger partial charge in [0.15, 0.2) is 0 Å². The van der Waals surface area contributed by atoms with Crippen LogP contribution in [0.15, 0.2) is 17.0 Å². The van der Waals surface area contributed by atoms with Crippen molar-refractivity contribution in [3.8, 4) is 0 Å².